The minimum Gasteiger partial charge on any atom is -0.378 e. The first-order chi connectivity index (χ1) is 15.7. The average molecular weight is 491 g/mol. The third kappa shape index (κ3) is 4.24. The highest BCUT2D eigenvalue weighted by atomic mass is 79.9. The number of rotatable bonds is 5. The number of morpholine rings is 1. The summed E-state index contributed by atoms with van der Waals surface area (Å²) < 4.78 is 8.30. The van der Waals surface area contributed by atoms with Crippen LogP contribution in [0.15, 0.2) is 70.2 Å². The van der Waals surface area contributed by atoms with Gasteiger partial charge in [0.05, 0.1) is 23.9 Å². The molecule has 1 aliphatic rings. The van der Waals surface area contributed by atoms with Crippen LogP contribution in [0.1, 0.15) is 11.1 Å². The number of hydrogen-bond donors (Lipinski definition) is 1. The first-order valence-corrected chi connectivity index (χ1v) is 11.3. The number of halogens is 1. The van der Waals surface area contributed by atoms with Gasteiger partial charge in [-0.2, -0.15) is 14.7 Å². The molecule has 1 fully saturated rings. The summed E-state index contributed by atoms with van der Waals surface area (Å²) in [5.74, 6) is 1.61. The van der Waals surface area contributed by atoms with Crippen LogP contribution in [0.2, 0.25) is 0 Å². The molecular weight excluding hydrogens is 468 g/mol. The van der Waals surface area contributed by atoms with Crippen molar-refractivity contribution < 1.29 is 4.74 Å². The van der Waals surface area contributed by atoms with Crippen LogP contribution in [0.5, 0.6) is 0 Å². The maximum atomic E-state index is 5.55. The zero-order valence-electron chi connectivity index (χ0n) is 17.7. The molecule has 0 saturated carbocycles. The summed E-state index contributed by atoms with van der Waals surface area (Å²) in [5.41, 5.74) is 7.95. The summed E-state index contributed by atoms with van der Waals surface area (Å²) in [6, 6.07) is 20.3. The molecule has 0 spiro atoms. The molecule has 0 amide bonds. The van der Waals surface area contributed by atoms with Crippen LogP contribution in [0.25, 0.3) is 16.9 Å². The molecule has 0 bridgehead atoms. The van der Waals surface area contributed by atoms with Crippen LogP contribution in [-0.4, -0.2) is 47.1 Å². The van der Waals surface area contributed by atoms with E-state index in [0.29, 0.717) is 19.0 Å². The lowest BCUT2D eigenvalue weighted by Crippen LogP contribution is -2.37. The highest BCUT2D eigenvalue weighted by Crippen LogP contribution is 2.33. The molecule has 0 aliphatic carbocycles. The van der Waals surface area contributed by atoms with Crippen LogP contribution in [-0.2, 0) is 4.74 Å². The van der Waals surface area contributed by atoms with E-state index >= 15 is 0 Å². The molecule has 3 heterocycles. The fourth-order valence-electron chi connectivity index (χ4n) is 3.75. The molecule has 2 aromatic carbocycles. The Bertz CT molecular complexity index is 1260. The molecule has 32 heavy (non-hydrogen) atoms. The second-order valence-electron chi connectivity index (χ2n) is 7.65. The SMILES string of the molecule is Cc1cccc(/C=N/Nc2cc(N3CCOCC3)n3nc(-c4ccccc4)c(Br)c3n2)c1. The van der Waals surface area contributed by atoms with Gasteiger partial charge < -0.3 is 9.64 Å². The van der Waals surface area contributed by atoms with Gasteiger partial charge >= 0.3 is 0 Å². The largest absolute Gasteiger partial charge is 0.378 e. The van der Waals surface area contributed by atoms with Crippen molar-refractivity contribution in [1.82, 2.24) is 14.6 Å². The molecule has 0 unspecified atom stereocenters. The van der Waals surface area contributed by atoms with Gasteiger partial charge in [-0.15, -0.1) is 0 Å². The normalized spacial score (nSPS) is 14.4. The molecule has 1 saturated heterocycles. The summed E-state index contributed by atoms with van der Waals surface area (Å²) in [5, 5.41) is 9.31. The summed E-state index contributed by atoms with van der Waals surface area (Å²) in [7, 11) is 0. The Kier molecular flexibility index (Phi) is 5.87. The fraction of sp³-hybridized carbons (Fsp3) is 0.208. The topological polar surface area (TPSA) is 67.0 Å². The van der Waals surface area contributed by atoms with Gasteiger partial charge in [0.1, 0.15) is 11.5 Å². The number of hydrogen-bond acceptors (Lipinski definition) is 6. The van der Waals surface area contributed by atoms with Crippen LogP contribution in [0, 0.1) is 6.92 Å². The lowest BCUT2D eigenvalue weighted by Gasteiger charge is -2.29. The fourth-order valence-corrected chi connectivity index (χ4v) is 4.32. The lowest BCUT2D eigenvalue weighted by atomic mass is 10.2. The maximum Gasteiger partial charge on any atom is 0.174 e. The number of fused-ring (bicyclic) bond motifs is 1. The molecule has 2 aromatic heterocycles. The van der Waals surface area contributed by atoms with E-state index in [0.717, 1.165) is 45.8 Å². The number of ether oxygens (including phenoxy) is 1. The summed E-state index contributed by atoms with van der Waals surface area (Å²) in [6.07, 6.45) is 1.80. The molecule has 4 aromatic rings. The molecular formula is C24H23BrN6O. The Hall–Kier alpha value is -3.23. The van der Waals surface area contributed by atoms with Gasteiger partial charge in [-0.3, -0.25) is 5.43 Å². The van der Waals surface area contributed by atoms with Gasteiger partial charge in [-0.1, -0.05) is 60.2 Å². The maximum absolute atomic E-state index is 5.55. The third-order valence-corrected chi connectivity index (χ3v) is 6.06. The summed E-state index contributed by atoms with van der Waals surface area (Å²) in [6.45, 7) is 5.03. The van der Waals surface area contributed by atoms with Crippen molar-refractivity contribution in [3.63, 3.8) is 0 Å². The second-order valence-corrected chi connectivity index (χ2v) is 8.44. The Morgan fingerprint density at radius 2 is 1.88 bits per heavy atom. The Morgan fingerprint density at radius 3 is 2.66 bits per heavy atom. The summed E-state index contributed by atoms with van der Waals surface area (Å²) in [4.78, 5) is 7.06. The predicted molar refractivity (Wildman–Crippen MR) is 132 cm³/mol. The van der Waals surface area contributed by atoms with Gasteiger partial charge in [0.25, 0.3) is 0 Å². The van der Waals surface area contributed by atoms with E-state index in [-0.39, 0.29) is 0 Å². The Labute approximate surface area is 194 Å². The monoisotopic (exact) mass is 490 g/mol. The zero-order valence-corrected chi connectivity index (χ0v) is 19.3. The first kappa shape index (κ1) is 20.7. The van der Waals surface area contributed by atoms with Crippen LogP contribution < -0.4 is 10.3 Å². The zero-order chi connectivity index (χ0) is 21.9. The van der Waals surface area contributed by atoms with Crippen molar-refractivity contribution in [3.8, 4) is 11.3 Å². The van der Waals surface area contributed by atoms with Gasteiger partial charge in [-0.25, -0.2) is 4.98 Å². The van der Waals surface area contributed by atoms with Gasteiger partial charge in [0.15, 0.2) is 11.5 Å². The minimum absolute atomic E-state index is 0.656. The Balaban J connectivity index is 1.55. The smallest absolute Gasteiger partial charge is 0.174 e. The lowest BCUT2D eigenvalue weighted by molar-refractivity contribution is 0.122. The predicted octanol–water partition coefficient (Wildman–Crippen LogP) is 4.75. The van der Waals surface area contributed by atoms with E-state index in [1.807, 2.05) is 53.0 Å². The molecule has 0 atom stereocenters. The van der Waals surface area contributed by atoms with Gasteiger partial charge in [0.2, 0.25) is 0 Å². The van der Waals surface area contributed by atoms with Crippen LogP contribution in [0.3, 0.4) is 0 Å². The van der Waals surface area contributed by atoms with E-state index in [9.17, 15) is 0 Å². The van der Waals surface area contributed by atoms with E-state index in [1.165, 1.54) is 5.56 Å². The number of nitrogens with zero attached hydrogens (tertiary/aromatic N) is 5. The number of hydrazone groups is 1. The van der Waals surface area contributed by atoms with Crippen molar-refractivity contribution in [2.75, 3.05) is 36.6 Å². The average Bonchev–Trinajstić information content (AvgIpc) is 3.16. The van der Waals surface area contributed by atoms with Gasteiger partial charge in [-0.05, 0) is 28.4 Å². The van der Waals surface area contributed by atoms with E-state index in [2.05, 4.69) is 50.4 Å². The number of benzene rings is 2. The number of aryl methyl sites for hydroxylation is 1. The minimum atomic E-state index is 0.656. The molecule has 8 heteroatoms. The van der Waals surface area contributed by atoms with Crippen LogP contribution >= 0.6 is 15.9 Å². The highest BCUT2D eigenvalue weighted by Gasteiger charge is 2.21. The number of anilines is 2. The Morgan fingerprint density at radius 1 is 1.06 bits per heavy atom. The molecule has 7 nitrogen and oxygen atoms in total. The number of nitrogens with one attached hydrogen (secondary N) is 1. The summed E-state index contributed by atoms with van der Waals surface area (Å²) >= 11 is 3.74. The van der Waals surface area contributed by atoms with Crippen molar-refractivity contribution in [2.45, 2.75) is 6.92 Å². The van der Waals surface area contributed by atoms with Crippen molar-refractivity contribution in [3.05, 3.63) is 76.3 Å². The quantitative estimate of drug-likeness (QED) is 0.323. The molecule has 1 aliphatic heterocycles. The van der Waals surface area contributed by atoms with Gasteiger partial charge in [0, 0.05) is 24.7 Å². The van der Waals surface area contributed by atoms with Crippen molar-refractivity contribution in [2.24, 2.45) is 5.10 Å². The second kappa shape index (κ2) is 9.10. The van der Waals surface area contributed by atoms with Crippen molar-refractivity contribution in [1.29, 1.82) is 0 Å². The van der Waals surface area contributed by atoms with Crippen LogP contribution in [0.4, 0.5) is 11.6 Å². The van der Waals surface area contributed by atoms with E-state index < -0.39 is 0 Å². The molecule has 0 radical (unpaired) electrons. The molecule has 162 valence electrons. The number of aromatic nitrogens is 3. The first-order valence-electron chi connectivity index (χ1n) is 10.5. The van der Waals surface area contributed by atoms with E-state index in [1.54, 1.807) is 6.21 Å². The van der Waals surface area contributed by atoms with E-state index in [4.69, 9.17) is 14.8 Å². The molecule has 5 rings (SSSR count). The standard InChI is InChI=1S/C24H23BrN6O/c1-17-6-5-7-18(14-17)16-26-28-20-15-21(30-10-12-32-13-11-30)31-24(27-20)22(25)23(29-31)19-8-3-2-4-9-19/h2-9,14-16H,10-13H2,1H3,(H,27,28)/b26-16+. The highest BCUT2D eigenvalue weighted by molar-refractivity contribution is 9.10. The molecule has 1 N–H and O–H groups in total. The van der Waals surface area contributed by atoms with Crippen molar-refractivity contribution >= 4 is 39.4 Å². The third-order valence-electron chi connectivity index (χ3n) is 5.33.